The maximum absolute atomic E-state index is 12.1. The quantitative estimate of drug-likeness (QED) is 0.873. The minimum Gasteiger partial charge on any atom is -0.480 e. The van der Waals surface area contributed by atoms with E-state index in [-0.39, 0.29) is 12.1 Å². The highest BCUT2D eigenvalue weighted by atomic mass is 32.2. The Balaban J connectivity index is 1.99. The fourth-order valence-corrected chi connectivity index (χ4v) is 2.98. The van der Waals surface area contributed by atoms with Gasteiger partial charge in [0.15, 0.2) is 0 Å². The van der Waals surface area contributed by atoms with Crippen LogP contribution in [0.2, 0.25) is 0 Å². The molecule has 102 valence electrons. The van der Waals surface area contributed by atoms with Crippen molar-refractivity contribution in [2.24, 2.45) is 0 Å². The number of thioether (sulfide) groups is 1. The van der Waals surface area contributed by atoms with Crippen LogP contribution in [0.1, 0.15) is 18.5 Å². The Bertz CT molecular complexity index is 469. The molecule has 1 aliphatic rings. The number of carboxylic acid groups (broad SMARTS) is 1. The molecule has 1 aromatic heterocycles. The number of aromatic nitrogens is 1. The number of nitrogens with one attached hydrogen (secondary N) is 1. The first-order chi connectivity index (χ1) is 9.09. The van der Waals surface area contributed by atoms with Crippen LogP contribution in [0.4, 0.5) is 4.79 Å². The number of hydrogen-bond acceptors (Lipinski definition) is 4. The Kier molecular flexibility index (Phi) is 4.26. The van der Waals surface area contributed by atoms with Crippen molar-refractivity contribution in [2.45, 2.75) is 19.0 Å². The number of carbonyl (C=O) groups excluding carboxylic acids is 1. The van der Waals surface area contributed by atoms with Crippen LogP contribution in [0.5, 0.6) is 0 Å². The fraction of sp³-hybridized carbons (Fsp3) is 0.417. The second-order valence-electron chi connectivity index (χ2n) is 4.28. The Morgan fingerprint density at radius 2 is 2.42 bits per heavy atom. The highest BCUT2D eigenvalue weighted by Crippen LogP contribution is 2.22. The van der Waals surface area contributed by atoms with E-state index in [2.05, 4.69) is 10.3 Å². The molecule has 2 heterocycles. The Morgan fingerprint density at radius 3 is 3.05 bits per heavy atom. The summed E-state index contributed by atoms with van der Waals surface area (Å²) in [5.74, 6) is -0.124. The summed E-state index contributed by atoms with van der Waals surface area (Å²) in [6, 6.07) is 2.36. The van der Waals surface area contributed by atoms with Gasteiger partial charge in [0.25, 0.3) is 0 Å². The van der Waals surface area contributed by atoms with Crippen molar-refractivity contribution in [3.8, 4) is 0 Å². The third-order valence-electron chi connectivity index (χ3n) is 2.95. The molecule has 0 aliphatic carbocycles. The molecular formula is C12H15N3O3S. The zero-order valence-corrected chi connectivity index (χ0v) is 11.3. The summed E-state index contributed by atoms with van der Waals surface area (Å²) in [7, 11) is 0. The largest absolute Gasteiger partial charge is 0.480 e. The van der Waals surface area contributed by atoms with Gasteiger partial charge in [0.1, 0.15) is 6.04 Å². The summed E-state index contributed by atoms with van der Waals surface area (Å²) in [6.07, 6.45) is 3.34. The average Bonchev–Trinajstić information content (AvgIpc) is 2.89. The number of urea groups is 1. The van der Waals surface area contributed by atoms with Gasteiger partial charge in [-0.15, -0.1) is 11.8 Å². The van der Waals surface area contributed by atoms with Crippen LogP contribution in [0.15, 0.2) is 24.5 Å². The Hall–Kier alpha value is -1.76. The lowest BCUT2D eigenvalue weighted by atomic mass is 10.1. The lowest BCUT2D eigenvalue weighted by Crippen LogP contribution is -2.47. The SMILES string of the molecule is CC(NC(=O)N1CSCC1C(=O)O)c1cccnc1. The van der Waals surface area contributed by atoms with E-state index >= 15 is 0 Å². The predicted octanol–water partition coefficient (Wildman–Crippen LogP) is 1.31. The van der Waals surface area contributed by atoms with Crippen molar-refractivity contribution < 1.29 is 14.7 Å². The van der Waals surface area contributed by atoms with Crippen LogP contribution in [0, 0.1) is 0 Å². The van der Waals surface area contributed by atoms with E-state index in [4.69, 9.17) is 5.11 Å². The first-order valence-corrected chi connectivity index (χ1v) is 7.02. The van der Waals surface area contributed by atoms with Crippen molar-refractivity contribution in [3.05, 3.63) is 30.1 Å². The molecule has 0 aromatic carbocycles. The van der Waals surface area contributed by atoms with E-state index in [9.17, 15) is 9.59 Å². The van der Waals surface area contributed by atoms with Crippen molar-refractivity contribution in [1.82, 2.24) is 15.2 Å². The molecule has 1 fully saturated rings. The number of aliphatic carboxylic acids is 1. The molecule has 0 radical (unpaired) electrons. The van der Waals surface area contributed by atoms with Crippen LogP contribution in [0.3, 0.4) is 0 Å². The number of hydrogen-bond donors (Lipinski definition) is 2. The number of amides is 2. The molecule has 0 saturated carbocycles. The van der Waals surface area contributed by atoms with E-state index in [1.165, 1.54) is 16.7 Å². The maximum Gasteiger partial charge on any atom is 0.327 e. The number of nitrogens with zero attached hydrogens (tertiary/aromatic N) is 2. The normalized spacial score (nSPS) is 20.1. The topological polar surface area (TPSA) is 82.5 Å². The summed E-state index contributed by atoms with van der Waals surface area (Å²) >= 11 is 1.44. The molecule has 2 rings (SSSR count). The maximum atomic E-state index is 12.1. The number of carboxylic acids is 1. The van der Waals surface area contributed by atoms with Gasteiger partial charge in [-0.25, -0.2) is 9.59 Å². The van der Waals surface area contributed by atoms with Crippen LogP contribution >= 0.6 is 11.8 Å². The molecule has 1 aliphatic heterocycles. The van der Waals surface area contributed by atoms with E-state index in [1.54, 1.807) is 18.5 Å². The molecule has 1 saturated heterocycles. The highest BCUT2D eigenvalue weighted by molar-refractivity contribution is 7.99. The van der Waals surface area contributed by atoms with Gasteiger partial charge < -0.3 is 15.3 Å². The van der Waals surface area contributed by atoms with E-state index in [0.717, 1.165) is 5.56 Å². The molecule has 0 bridgehead atoms. The first kappa shape index (κ1) is 13.7. The van der Waals surface area contributed by atoms with Crippen LogP contribution in [-0.4, -0.2) is 44.7 Å². The van der Waals surface area contributed by atoms with Gasteiger partial charge in [0.2, 0.25) is 0 Å². The van der Waals surface area contributed by atoms with Gasteiger partial charge in [-0.1, -0.05) is 6.07 Å². The fourth-order valence-electron chi connectivity index (χ4n) is 1.83. The second-order valence-corrected chi connectivity index (χ2v) is 5.28. The van der Waals surface area contributed by atoms with Gasteiger partial charge >= 0.3 is 12.0 Å². The molecule has 2 atom stereocenters. The van der Waals surface area contributed by atoms with Crippen molar-refractivity contribution in [1.29, 1.82) is 0 Å². The summed E-state index contributed by atoms with van der Waals surface area (Å²) in [5.41, 5.74) is 0.884. The van der Waals surface area contributed by atoms with Crippen LogP contribution in [0.25, 0.3) is 0 Å². The summed E-state index contributed by atoms with van der Waals surface area (Å²) in [4.78, 5) is 28.4. The highest BCUT2D eigenvalue weighted by Gasteiger charge is 2.34. The molecule has 1 aromatic rings. The number of pyridine rings is 1. The smallest absolute Gasteiger partial charge is 0.327 e. The van der Waals surface area contributed by atoms with E-state index < -0.39 is 12.0 Å². The second kappa shape index (κ2) is 5.92. The molecule has 2 N–H and O–H groups in total. The summed E-state index contributed by atoms with van der Waals surface area (Å²) in [5, 5.41) is 11.8. The van der Waals surface area contributed by atoms with Gasteiger partial charge in [-0.2, -0.15) is 0 Å². The van der Waals surface area contributed by atoms with Crippen molar-refractivity contribution >= 4 is 23.8 Å². The van der Waals surface area contributed by atoms with Gasteiger partial charge in [-0.3, -0.25) is 4.98 Å². The molecule has 19 heavy (non-hydrogen) atoms. The third kappa shape index (κ3) is 3.17. The first-order valence-electron chi connectivity index (χ1n) is 5.87. The molecule has 0 spiro atoms. The van der Waals surface area contributed by atoms with Gasteiger partial charge in [0, 0.05) is 18.1 Å². The zero-order chi connectivity index (χ0) is 13.8. The standard InChI is InChI=1S/C12H15N3O3S/c1-8(9-3-2-4-13-5-9)14-12(18)15-7-19-6-10(15)11(16)17/h2-5,8,10H,6-7H2,1H3,(H,14,18)(H,16,17). The Morgan fingerprint density at radius 1 is 1.63 bits per heavy atom. The van der Waals surface area contributed by atoms with E-state index in [0.29, 0.717) is 11.6 Å². The summed E-state index contributed by atoms with van der Waals surface area (Å²) < 4.78 is 0. The van der Waals surface area contributed by atoms with Crippen molar-refractivity contribution in [2.75, 3.05) is 11.6 Å². The Labute approximate surface area is 115 Å². The summed E-state index contributed by atoms with van der Waals surface area (Å²) in [6.45, 7) is 1.84. The van der Waals surface area contributed by atoms with Gasteiger partial charge in [-0.05, 0) is 18.6 Å². The van der Waals surface area contributed by atoms with E-state index in [1.807, 2.05) is 13.0 Å². The third-order valence-corrected chi connectivity index (χ3v) is 3.96. The van der Waals surface area contributed by atoms with Crippen LogP contribution in [-0.2, 0) is 4.79 Å². The number of carbonyl (C=O) groups is 2. The molecule has 6 nitrogen and oxygen atoms in total. The lowest BCUT2D eigenvalue weighted by molar-refractivity contribution is -0.140. The predicted molar refractivity (Wildman–Crippen MR) is 71.8 cm³/mol. The number of rotatable bonds is 3. The van der Waals surface area contributed by atoms with Crippen molar-refractivity contribution in [3.63, 3.8) is 0 Å². The minimum atomic E-state index is -0.964. The molecule has 2 unspecified atom stereocenters. The minimum absolute atomic E-state index is 0.207. The monoisotopic (exact) mass is 281 g/mol. The molecule has 7 heteroatoms. The molecule has 2 amide bonds. The van der Waals surface area contributed by atoms with Crippen LogP contribution < -0.4 is 5.32 Å². The zero-order valence-electron chi connectivity index (χ0n) is 10.4. The average molecular weight is 281 g/mol. The lowest BCUT2D eigenvalue weighted by Gasteiger charge is -2.23. The molecular weight excluding hydrogens is 266 g/mol. The van der Waals surface area contributed by atoms with Gasteiger partial charge in [0.05, 0.1) is 11.9 Å².